The molecule has 0 N–H and O–H groups in total. The molecule has 0 saturated carbocycles. The Kier molecular flexibility index (Phi) is 4.34. The zero-order chi connectivity index (χ0) is 12.8. The number of ether oxygens (including phenoxy) is 2. The fourth-order valence-electron chi connectivity index (χ4n) is 1.86. The Bertz CT molecular complexity index is 368. The van der Waals surface area contributed by atoms with E-state index in [1.165, 1.54) is 0 Å². The Morgan fingerprint density at radius 3 is 1.78 bits per heavy atom. The third-order valence-electron chi connectivity index (χ3n) is 2.74. The summed E-state index contributed by atoms with van der Waals surface area (Å²) in [4.78, 5) is 22.1. The minimum atomic E-state index is -0.181. The lowest BCUT2D eigenvalue weighted by atomic mass is 10.1. The Balaban J connectivity index is 1.72. The number of hydrogen-bond donors (Lipinski definition) is 0. The minimum absolute atomic E-state index is 0.160. The average Bonchev–Trinajstić information content (AvgIpc) is 2.35. The molecule has 96 valence electrons. The smallest absolute Gasteiger partial charge is 0.310 e. The van der Waals surface area contributed by atoms with Crippen molar-refractivity contribution >= 4 is 11.9 Å². The van der Waals surface area contributed by atoms with Crippen LogP contribution in [0, 0.1) is 0 Å². The first kappa shape index (κ1) is 12.6. The van der Waals surface area contributed by atoms with Gasteiger partial charge in [0, 0.05) is 12.8 Å². The molecule has 0 amide bonds. The Labute approximate surface area is 106 Å². The van der Waals surface area contributed by atoms with Crippen molar-refractivity contribution in [2.75, 3.05) is 0 Å². The molecular formula is C14H16O4. The van der Waals surface area contributed by atoms with E-state index in [4.69, 9.17) is 9.47 Å². The van der Waals surface area contributed by atoms with Gasteiger partial charge in [0.1, 0.15) is 12.2 Å². The largest absolute Gasteiger partial charge is 0.458 e. The molecule has 2 aliphatic rings. The summed E-state index contributed by atoms with van der Waals surface area (Å²) in [6.45, 7) is 0. The third kappa shape index (κ3) is 3.87. The second-order valence-corrected chi connectivity index (χ2v) is 4.26. The van der Waals surface area contributed by atoms with Gasteiger partial charge in [-0.2, -0.15) is 0 Å². The highest BCUT2D eigenvalue weighted by Crippen LogP contribution is 2.12. The monoisotopic (exact) mass is 248 g/mol. The maximum Gasteiger partial charge on any atom is 0.310 e. The first-order valence-corrected chi connectivity index (χ1v) is 6.11. The SMILES string of the molecule is O=C1CC=CC(C/C=C/CC2C=CCC(=O)O2)O1. The molecule has 0 aromatic rings. The van der Waals surface area contributed by atoms with Crippen molar-refractivity contribution in [1.82, 2.24) is 0 Å². The topological polar surface area (TPSA) is 52.6 Å². The van der Waals surface area contributed by atoms with Gasteiger partial charge in [-0.15, -0.1) is 0 Å². The van der Waals surface area contributed by atoms with E-state index in [9.17, 15) is 9.59 Å². The van der Waals surface area contributed by atoms with Gasteiger partial charge in [-0.3, -0.25) is 9.59 Å². The van der Waals surface area contributed by atoms with Crippen LogP contribution in [0.3, 0.4) is 0 Å². The molecule has 0 spiro atoms. The fourth-order valence-corrected chi connectivity index (χ4v) is 1.86. The van der Waals surface area contributed by atoms with Gasteiger partial charge in [0.05, 0.1) is 12.8 Å². The summed E-state index contributed by atoms with van der Waals surface area (Å²) in [5.74, 6) is -0.361. The molecule has 2 atom stereocenters. The molecule has 0 bridgehead atoms. The normalized spacial score (nSPS) is 27.3. The highest BCUT2D eigenvalue weighted by atomic mass is 16.5. The van der Waals surface area contributed by atoms with E-state index >= 15 is 0 Å². The lowest BCUT2D eigenvalue weighted by Crippen LogP contribution is -2.19. The van der Waals surface area contributed by atoms with Crippen LogP contribution in [-0.2, 0) is 19.1 Å². The van der Waals surface area contributed by atoms with E-state index < -0.39 is 0 Å². The van der Waals surface area contributed by atoms with E-state index in [1.54, 1.807) is 0 Å². The molecule has 2 aliphatic heterocycles. The zero-order valence-electron chi connectivity index (χ0n) is 10.1. The molecule has 0 saturated heterocycles. The van der Waals surface area contributed by atoms with E-state index in [2.05, 4.69) is 0 Å². The van der Waals surface area contributed by atoms with Crippen molar-refractivity contribution in [3.8, 4) is 0 Å². The van der Waals surface area contributed by atoms with Crippen LogP contribution < -0.4 is 0 Å². The standard InChI is InChI=1S/C14H16O4/c15-13-9-3-7-11(17-13)5-1-2-6-12-8-4-10-14(16)18-12/h1-4,7-8,11-12H,5-6,9-10H2/b2-1+. The second kappa shape index (κ2) is 6.19. The highest BCUT2D eigenvalue weighted by Gasteiger charge is 2.15. The van der Waals surface area contributed by atoms with E-state index in [0.717, 1.165) is 0 Å². The number of cyclic esters (lactones) is 2. The van der Waals surface area contributed by atoms with Crippen molar-refractivity contribution in [3.05, 3.63) is 36.5 Å². The molecule has 4 heteroatoms. The predicted octanol–water partition coefficient (Wildman–Crippen LogP) is 2.07. The van der Waals surface area contributed by atoms with Crippen molar-refractivity contribution in [2.45, 2.75) is 37.9 Å². The van der Waals surface area contributed by atoms with Gasteiger partial charge in [-0.25, -0.2) is 0 Å². The maximum absolute atomic E-state index is 11.0. The maximum atomic E-state index is 11.0. The Morgan fingerprint density at radius 1 is 0.944 bits per heavy atom. The quantitative estimate of drug-likeness (QED) is 0.564. The summed E-state index contributed by atoms with van der Waals surface area (Å²) in [7, 11) is 0. The lowest BCUT2D eigenvalue weighted by Gasteiger charge is -2.16. The lowest BCUT2D eigenvalue weighted by molar-refractivity contribution is -0.147. The molecular weight excluding hydrogens is 232 g/mol. The van der Waals surface area contributed by atoms with Gasteiger partial charge < -0.3 is 9.47 Å². The molecule has 18 heavy (non-hydrogen) atoms. The summed E-state index contributed by atoms with van der Waals surface area (Å²) in [6.07, 6.45) is 13.1. The first-order chi connectivity index (χ1) is 8.74. The minimum Gasteiger partial charge on any atom is -0.458 e. The van der Waals surface area contributed by atoms with Crippen molar-refractivity contribution in [2.24, 2.45) is 0 Å². The van der Waals surface area contributed by atoms with Crippen LogP contribution in [0.5, 0.6) is 0 Å². The third-order valence-corrected chi connectivity index (χ3v) is 2.74. The van der Waals surface area contributed by atoms with Gasteiger partial charge in [-0.1, -0.05) is 24.3 Å². The van der Waals surface area contributed by atoms with Crippen LogP contribution in [-0.4, -0.2) is 24.1 Å². The van der Waals surface area contributed by atoms with E-state index in [0.29, 0.717) is 25.7 Å². The van der Waals surface area contributed by atoms with Crippen LogP contribution in [0.4, 0.5) is 0 Å². The van der Waals surface area contributed by atoms with Crippen molar-refractivity contribution in [3.63, 3.8) is 0 Å². The summed E-state index contributed by atoms with van der Waals surface area (Å²) >= 11 is 0. The van der Waals surface area contributed by atoms with Crippen LogP contribution >= 0.6 is 0 Å². The Hall–Kier alpha value is -1.84. The second-order valence-electron chi connectivity index (χ2n) is 4.26. The van der Waals surface area contributed by atoms with Crippen LogP contribution in [0.2, 0.25) is 0 Å². The van der Waals surface area contributed by atoms with Gasteiger partial charge in [0.25, 0.3) is 0 Å². The predicted molar refractivity (Wildman–Crippen MR) is 65.6 cm³/mol. The number of carbonyl (C=O) groups excluding carboxylic acids is 2. The number of hydrogen-bond acceptors (Lipinski definition) is 4. The fraction of sp³-hybridized carbons (Fsp3) is 0.429. The van der Waals surface area contributed by atoms with Gasteiger partial charge >= 0.3 is 11.9 Å². The van der Waals surface area contributed by atoms with Gasteiger partial charge in [0.15, 0.2) is 0 Å². The summed E-state index contributed by atoms with van der Waals surface area (Å²) < 4.78 is 10.2. The first-order valence-electron chi connectivity index (χ1n) is 6.11. The number of carbonyl (C=O) groups is 2. The highest BCUT2D eigenvalue weighted by molar-refractivity contribution is 5.73. The molecule has 2 rings (SSSR count). The zero-order valence-corrected chi connectivity index (χ0v) is 10.1. The molecule has 2 unspecified atom stereocenters. The summed E-state index contributed by atoms with van der Waals surface area (Å²) in [5.41, 5.74) is 0. The number of esters is 2. The van der Waals surface area contributed by atoms with Crippen molar-refractivity contribution < 1.29 is 19.1 Å². The van der Waals surface area contributed by atoms with Gasteiger partial charge in [0.2, 0.25) is 0 Å². The Morgan fingerprint density at radius 2 is 1.39 bits per heavy atom. The van der Waals surface area contributed by atoms with Crippen LogP contribution in [0.1, 0.15) is 25.7 Å². The molecule has 0 aromatic carbocycles. The van der Waals surface area contributed by atoms with Gasteiger partial charge in [-0.05, 0) is 12.2 Å². The van der Waals surface area contributed by atoms with E-state index in [1.807, 2.05) is 36.5 Å². The van der Waals surface area contributed by atoms with Crippen molar-refractivity contribution in [1.29, 1.82) is 0 Å². The van der Waals surface area contributed by atoms with E-state index in [-0.39, 0.29) is 24.1 Å². The number of rotatable bonds is 4. The van der Waals surface area contributed by atoms with Crippen LogP contribution in [0.25, 0.3) is 0 Å². The summed E-state index contributed by atoms with van der Waals surface area (Å²) in [5, 5.41) is 0. The molecule has 4 nitrogen and oxygen atoms in total. The molecule has 0 fully saturated rings. The summed E-state index contributed by atoms with van der Waals surface area (Å²) in [6, 6.07) is 0. The molecule has 2 heterocycles. The average molecular weight is 248 g/mol. The molecule has 0 aromatic heterocycles. The van der Waals surface area contributed by atoms with Crippen LogP contribution in [0.15, 0.2) is 36.5 Å². The molecule has 0 radical (unpaired) electrons. The molecule has 0 aliphatic carbocycles.